The fourth-order valence-electron chi connectivity index (χ4n) is 1.29. The van der Waals surface area contributed by atoms with Gasteiger partial charge >= 0.3 is 5.90 Å². The van der Waals surface area contributed by atoms with E-state index in [2.05, 4.69) is 4.99 Å². The maximum absolute atomic E-state index is 8.94. The van der Waals surface area contributed by atoms with E-state index in [1.54, 1.807) is 12.1 Å². The third kappa shape index (κ3) is 3.18. The molecule has 17 heavy (non-hydrogen) atoms. The van der Waals surface area contributed by atoms with Gasteiger partial charge in [0.15, 0.2) is 6.07 Å². The zero-order chi connectivity index (χ0) is 11.9. The van der Waals surface area contributed by atoms with Gasteiger partial charge in [-0.3, -0.25) is 0 Å². The number of para-hydroxylation sites is 2. The van der Waals surface area contributed by atoms with Crippen molar-refractivity contribution in [3.05, 3.63) is 60.7 Å². The number of hydrogen-bond donors (Lipinski definition) is 0. The van der Waals surface area contributed by atoms with Crippen LogP contribution in [0.2, 0.25) is 0 Å². The van der Waals surface area contributed by atoms with Crippen molar-refractivity contribution in [2.45, 2.75) is 0 Å². The standard InChI is InChI=1S/C14H10N2O/c15-11-14(16-12-7-3-1-4-8-12)17-13-9-5-2-6-10-13/h1-10H. The highest BCUT2D eigenvalue weighted by Crippen LogP contribution is 2.13. The van der Waals surface area contributed by atoms with Gasteiger partial charge in [0.2, 0.25) is 0 Å². The summed E-state index contributed by atoms with van der Waals surface area (Å²) >= 11 is 0. The van der Waals surface area contributed by atoms with Crippen LogP contribution in [0.3, 0.4) is 0 Å². The van der Waals surface area contributed by atoms with E-state index in [-0.39, 0.29) is 5.90 Å². The summed E-state index contributed by atoms with van der Waals surface area (Å²) in [6.45, 7) is 0. The molecule has 0 fully saturated rings. The molecule has 0 aliphatic heterocycles. The molecule has 0 radical (unpaired) electrons. The lowest BCUT2D eigenvalue weighted by Crippen LogP contribution is -2.04. The number of benzene rings is 2. The number of hydrogen-bond acceptors (Lipinski definition) is 3. The molecule has 0 bridgehead atoms. The minimum Gasteiger partial charge on any atom is -0.431 e. The molecular formula is C14H10N2O. The van der Waals surface area contributed by atoms with Gasteiger partial charge in [-0.25, -0.2) is 4.99 Å². The normalized spacial score (nSPS) is 10.6. The molecule has 0 atom stereocenters. The van der Waals surface area contributed by atoms with Crippen molar-refractivity contribution in [1.82, 2.24) is 0 Å². The van der Waals surface area contributed by atoms with Crippen LogP contribution in [0.15, 0.2) is 65.7 Å². The highest BCUT2D eigenvalue weighted by Gasteiger charge is 2.00. The third-order valence-corrected chi connectivity index (χ3v) is 2.04. The SMILES string of the molecule is N#CC(=Nc1ccccc1)Oc1ccccc1. The van der Waals surface area contributed by atoms with Crippen LogP contribution in [0, 0.1) is 11.3 Å². The molecule has 0 saturated heterocycles. The van der Waals surface area contributed by atoms with Gasteiger partial charge in [-0.15, -0.1) is 0 Å². The van der Waals surface area contributed by atoms with Gasteiger partial charge in [-0.1, -0.05) is 36.4 Å². The molecule has 0 amide bonds. The molecule has 3 nitrogen and oxygen atoms in total. The van der Waals surface area contributed by atoms with Gasteiger partial charge < -0.3 is 4.74 Å². The van der Waals surface area contributed by atoms with E-state index in [4.69, 9.17) is 10.00 Å². The van der Waals surface area contributed by atoms with E-state index >= 15 is 0 Å². The Bertz CT molecular complexity index is 541. The van der Waals surface area contributed by atoms with Gasteiger partial charge in [0.1, 0.15) is 5.75 Å². The van der Waals surface area contributed by atoms with Gasteiger partial charge in [-0.05, 0) is 24.3 Å². The quantitative estimate of drug-likeness (QED) is 0.578. The van der Waals surface area contributed by atoms with Crippen LogP contribution in [-0.4, -0.2) is 5.90 Å². The first kappa shape index (κ1) is 10.9. The third-order valence-electron chi connectivity index (χ3n) is 2.04. The van der Waals surface area contributed by atoms with E-state index in [1.165, 1.54) is 0 Å². The lowest BCUT2D eigenvalue weighted by Gasteiger charge is -2.01. The Morgan fingerprint density at radius 2 is 1.53 bits per heavy atom. The highest BCUT2D eigenvalue weighted by atomic mass is 16.5. The second-order valence-corrected chi connectivity index (χ2v) is 3.28. The van der Waals surface area contributed by atoms with Gasteiger partial charge in [0.25, 0.3) is 0 Å². The Morgan fingerprint density at radius 1 is 0.941 bits per heavy atom. The van der Waals surface area contributed by atoms with E-state index in [0.717, 1.165) is 0 Å². The predicted molar refractivity (Wildman–Crippen MR) is 66.2 cm³/mol. The van der Waals surface area contributed by atoms with Crippen LogP contribution in [0.25, 0.3) is 0 Å². The summed E-state index contributed by atoms with van der Waals surface area (Å²) in [4.78, 5) is 4.11. The number of nitrogens with zero attached hydrogens (tertiary/aromatic N) is 2. The zero-order valence-electron chi connectivity index (χ0n) is 9.08. The minimum atomic E-state index is 0.0300. The van der Waals surface area contributed by atoms with Crippen molar-refractivity contribution < 1.29 is 4.74 Å². The molecule has 2 aromatic rings. The summed E-state index contributed by atoms with van der Waals surface area (Å²) in [6, 6.07) is 20.3. The van der Waals surface area contributed by atoms with Crippen LogP contribution < -0.4 is 4.74 Å². The molecule has 0 aliphatic rings. The zero-order valence-corrected chi connectivity index (χ0v) is 9.08. The number of nitriles is 1. The number of rotatable bonds is 2. The predicted octanol–water partition coefficient (Wildman–Crippen LogP) is 3.32. The first-order valence-corrected chi connectivity index (χ1v) is 5.15. The van der Waals surface area contributed by atoms with E-state index < -0.39 is 0 Å². The molecule has 0 unspecified atom stereocenters. The molecule has 0 spiro atoms. The van der Waals surface area contributed by atoms with Crippen LogP contribution in [0.4, 0.5) is 5.69 Å². The average Bonchev–Trinajstić information content (AvgIpc) is 2.40. The molecule has 2 aromatic carbocycles. The Balaban J connectivity index is 2.19. The van der Waals surface area contributed by atoms with Crippen LogP contribution in [0.1, 0.15) is 0 Å². The number of aliphatic imine (C=N–C) groups is 1. The van der Waals surface area contributed by atoms with E-state index in [9.17, 15) is 0 Å². The molecule has 82 valence electrons. The molecule has 0 aliphatic carbocycles. The molecule has 0 aromatic heterocycles. The maximum Gasteiger partial charge on any atom is 0.301 e. The lowest BCUT2D eigenvalue weighted by atomic mass is 10.3. The Hall–Kier alpha value is -2.60. The van der Waals surface area contributed by atoms with E-state index in [0.29, 0.717) is 11.4 Å². The van der Waals surface area contributed by atoms with Crippen molar-refractivity contribution in [1.29, 1.82) is 5.26 Å². The molecule has 2 rings (SSSR count). The van der Waals surface area contributed by atoms with Crippen LogP contribution in [-0.2, 0) is 0 Å². The summed E-state index contributed by atoms with van der Waals surface area (Å²) in [5.74, 6) is 0.631. The minimum absolute atomic E-state index is 0.0300. The largest absolute Gasteiger partial charge is 0.431 e. The fraction of sp³-hybridized carbons (Fsp3) is 0. The van der Waals surface area contributed by atoms with Crippen molar-refractivity contribution >= 4 is 11.6 Å². The van der Waals surface area contributed by atoms with Gasteiger partial charge in [0.05, 0.1) is 5.69 Å². The van der Waals surface area contributed by atoms with Crippen molar-refractivity contribution in [2.24, 2.45) is 4.99 Å². The summed E-state index contributed by atoms with van der Waals surface area (Å²) < 4.78 is 5.36. The number of ether oxygens (including phenoxy) is 1. The summed E-state index contributed by atoms with van der Waals surface area (Å²) in [5.41, 5.74) is 0.694. The van der Waals surface area contributed by atoms with Crippen LogP contribution >= 0.6 is 0 Å². The smallest absolute Gasteiger partial charge is 0.301 e. The molecule has 0 saturated carbocycles. The molecular weight excluding hydrogens is 212 g/mol. The summed E-state index contributed by atoms with van der Waals surface area (Å²) in [6.07, 6.45) is 0. The molecule has 0 heterocycles. The second kappa shape index (κ2) is 5.47. The van der Waals surface area contributed by atoms with Crippen molar-refractivity contribution in [2.75, 3.05) is 0 Å². The van der Waals surface area contributed by atoms with E-state index in [1.807, 2.05) is 54.6 Å². The summed E-state index contributed by atoms with van der Waals surface area (Å²) in [7, 11) is 0. The lowest BCUT2D eigenvalue weighted by molar-refractivity contribution is 0.557. The van der Waals surface area contributed by atoms with Crippen molar-refractivity contribution in [3.8, 4) is 11.8 Å². The molecule has 3 heteroatoms. The monoisotopic (exact) mass is 222 g/mol. The average molecular weight is 222 g/mol. The van der Waals surface area contributed by atoms with Gasteiger partial charge in [0, 0.05) is 0 Å². The Labute approximate surface area is 99.6 Å². The first-order valence-electron chi connectivity index (χ1n) is 5.15. The topological polar surface area (TPSA) is 45.4 Å². The van der Waals surface area contributed by atoms with Crippen LogP contribution in [0.5, 0.6) is 5.75 Å². The van der Waals surface area contributed by atoms with Crippen molar-refractivity contribution in [3.63, 3.8) is 0 Å². The Morgan fingerprint density at radius 3 is 2.12 bits per heavy atom. The molecule has 0 N–H and O–H groups in total. The highest BCUT2D eigenvalue weighted by molar-refractivity contribution is 5.94. The second-order valence-electron chi connectivity index (χ2n) is 3.28. The maximum atomic E-state index is 8.94. The van der Waals surface area contributed by atoms with Gasteiger partial charge in [-0.2, -0.15) is 5.26 Å². The fourth-order valence-corrected chi connectivity index (χ4v) is 1.29. The first-order chi connectivity index (χ1) is 8.38. The Kier molecular flexibility index (Phi) is 3.51. The summed E-state index contributed by atoms with van der Waals surface area (Å²) in [5, 5.41) is 8.94.